The van der Waals surface area contributed by atoms with Crippen molar-refractivity contribution in [3.05, 3.63) is 5.89 Å². The molecule has 1 aliphatic heterocycles. The molecule has 0 radical (unpaired) electrons. The Morgan fingerprint density at radius 2 is 2.33 bits per heavy atom. The first-order valence-electron chi connectivity index (χ1n) is 5.14. The predicted octanol–water partition coefficient (Wildman–Crippen LogP) is 0.378. The van der Waals surface area contributed by atoms with E-state index in [0.717, 1.165) is 13.0 Å². The van der Waals surface area contributed by atoms with E-state index in [2.05, 4.69) is 20.8 Å². The van der Waals surface area contributed by atoms with Crippen LogP contribution in [-0.4, -0.2) is 36.0 Å². The molecule has 0 amide bonds. The maximum absolute atomic E-state index is 5.43. The number of hydrogen-bond donors (Lipinski definition) is 2. The fourth-order valence-corrected chi connectivity index (χ4v) is 1.61. The zero-order chi connectivity index (χ0) is 10.7. The summed E-state index contributed by atoms with van der Waals surface area (Å²) < 4.78 is 10.8. The van der Waals surface area contributed by atoms with Crippen molar-refractivity contribution in [2.75, 3.05) is 19.0 Å². The van der Waals surface area contributed by atoms with Crippen LogP contribution in [0.2, 0.25) is 0 Å². The van der Waals surface area contributed by atoms with Gasteiger partial charge in [-0.2, -0.15) is 0 Å². The fourth-order valence-electron chi connectivity index (χ4n) is 1.61. The molecule has 1 aromatic heterocycles. The van der Waals surface area contributed by atoms with Gasteiger partial charge in [-0.05, 0) is 20.4 Å². The Balaban J connectivity index is 1.92. The number of nitrogens with one attached hydrogen (secondary N) is 2. The minimum atomic E-state index is 0.199. The zero-order valence-corrected chi connectivity index (χ0v) is 8.99. The summed E-state index contributed by atoms with van der Waals surface area (Å²) in [4.78, 5) is 0. The van der Waals surface area contributed by atoms with E-state index < -0.39 is 0 Å². The van der Waals surface area contributed by atoms with Crippen molar-refractivity contribution in [2.45, 2.75) is 32.0 Å². The van der Waals surface area contributed by atoms with E-state index >= 15 is 0 Å². The van der Waals surface area contributed by atoms with Crippen LogP contribution in [0, 0.1) is 0 Å². The van der Waals surface area contributed by atoms with Crippen LogP contribution in [-0.2, 0) is 11.3 Å². The summed E-state index contributed by atoms with van der Waals surface area (Å²) in [6.45, 7) is 3.41. The van der Waals surface area contributed by atoms with E-state index in [9.17, 15) is 0 Å². The van der Waals surface area contributed by atoms with Crippen LogP contribution in [0.4, 0.5) is 6.01 Å². The molecule has 2 heterocycles. The molecule has 2 atom stereocenters. The number of nitrogens with zero attached hydrogens (tertiary/aromatic N) is 2. The van der Waals surface area contributed by atoms with E-state index in [1.54, 1.807) is 0 Å². The molecule has 0 aromatic carbocycles. The average Bonchev–Trinajstić information content (AvgIpc) is 2.79. The maximum atomic E-state index is 5.43. The Morgan fingerprint density at radius 3 is 3.00 bits per heavy atom. The number of ether oxygens (including phenoxy) is 1. The van der Waals surface area contributed by atoms with Crippen molar-refractivity contribution in [3.63, 3.8) is 0 Å². The van der Waals surface area contributed by atoms with Crippen LogP contribution in [0.15, 0.2) is 4.42 Å². The molecule has 2 unspecified atom stereocenters. The lowest BCUT2D eigenvalue weighted by molar-refractivity contribution is 0.121. The van der Waals surface area contributed by atoms with E-state index in [1.807, 2.05) is 14.0 Å². The first kappa shape index (κ1) is 10.4. The normalized spacial score (nSPS) is 25.7. The maximum Gasteiger partial charge on any atom is 0.315 e. The smallest absolute Gasteiger partial charge is 0.315 e. The van der Waals surface area contributed by atoms with Crippen molar-refractivity contribution < 1.29 is 9.15 Å². The number of aromatic nitrogens is 2. The Hall–Kier alpha value is -1.14. The van der Waals surface area contributed by atoms with Gasteiger partial charge < -0.3 is 19.8 Å². The fraction of sp³-hybridized carbons (Fsp3) is 0.778. The minimum absolute atomic E-state index is 0.199. The molecule has 0 saturated carbocycles. The number of hydrogen-bond acceptors (Lipinski definition) is 6. The summed E-state index contributed by atoms with van der Waals surface area (Å²) in [5.74, 6) is 0.589. The Morgan fingerprint density at radius 1 is 1.47 bits per heavy atom. The van der Waals surface area contributed by atoms with Gasteiger partial charge in [0.2, 0.25) is 5.89 Å². The lowest BCUT2D eigenvalue weighted by Gasteiger charge is -2.13. The summed E-state index contributed by atoms with van der Waals surface area (Å²) in [6.07, 6.45) is 1.18. The van der Waals surface area contributed by atoms with Crippen LogP contribution in [0.5, 0.6) is 0 Å². The van der Waals surface area contributed by atoms with E-state index in [-0.39, 0.29) is 12.1 Å². The highest BCUT2D eigenvalue weighted by atomic mass is 16.5. The zero-order valence-electron chi connectivity index (χ0n) is 8.99. The molecule has 1 aromatic rings. The second-order valence-electron chi connectivity index (χ2n) is 3.65. The van der Waals surface area contributed by atoms with Crippen LogP contribution in [0.1, 0.15) is 19.2 Å². The predicted molar refractivity (Wildman–Crippen MR) is 54.5 cm³/mol. The third kappa shape index (κ3) is 2.45. The quantitative estimate of drug-likeness (QED) is 0.751. The van der Waals surface area contributed by atoms with Gasteiger partial charge in [0, 0.05) is 6.61 Å². The van der Waals surface area contributed by atoms with Crippen molar-refractivity contribution in [1.29, 1.82) is 0 Å². The molecule has 1 fully saturated rings. The van der Waals surface area contributed by atoms with Gasteiger partial charge in [0.15, 0.2) is 0 Å². The topological polar surface area (TPSA) is 72.2 Å². The van der Waals surface area contributed by atoms with E-state index in [4.69, 9.17) is 9.15 Å². The van der Waals surface area contributed by atoms with Gasteiger partial charge >= 0.3 is 6.01 Å². The van der Waals surface area contributed by atoms with Crippen molar-refractivity contribution in [2.24, 2.45) is 0 Å². The molecule has 2 N–H and O–H groups in total. The highest BCUT2D eigenvalue weighted by molar-refractivity contribution is 5.20. The summed E-state index contributed by atoms with van der Waals surface area (Å²) >= 11 is 0. The van der Waals surface area contributed by atoms with Crippen molar-refractivity contribution in [3.8, 4) is 0 Å². The molecule has 0 spiro atoms. The second-order valence-corrected chi connectivity index (χ2v) is 3.65. The van der Waals surface area contributed by atoms with Gasteiger partial charge in [0.25, 0.3) is 0 Å². The largest absolute Gasteiger partial charge is 0.407 e. The van der Waals surface area contributed by atoms with Crippen molar-refractivity contribution in [1.82, 2.24) is 15.5 Å². The lowest BCUT2D eigenvalue weighted by Crippen LogP contribution is -2.26. The Kier molecular flexibility index (Phi) is 3.17. The highest BCUT2D eigenvalue weighted by Gasteiger charge is 2.25. The minimum Gasteiger partial charge on any atom is -0.407 e. The molecule has 1 saturated heterocycles. The van der Waals surface area contributed by atoms with Crippen LogP contribution >= 0.6 is 0 Å². The standard InChI is InChI=1S/C9H16N4O2/c1-6-7(3-4-14-6)11-9-13-12-8(15-9)5-10-2/h6-7,10H,3-5H2,1-2H3,(H,11,13). The molecule has 2 rings (SSSR count). The third-order valence-electron chi connectivity index (χ3n) is 2.48. The van der Waals surface area contributed by atoms with Crippen LogP contribution in [0.25, 0.3) is 0 Å². The second kappa shape index (κ2) is 4.59. The van der Waals surface area contributed by atoms with E-state index in [1.165, 1.54) is 0 Å². The first-order chi connectivity index (χ1) is 7.29. The summed E-state index contributed by atoms with van der Waals surface area (Å²) in [5.41, 5.74) is 0. The number of rotatable bonds is 4. The van der Waals surface area contributed by atoms with Crippen LogP contribution < -0.4 is 10.6 Å². The SMILES string of the molecule is CNCc1nnc(NC2CCOC2C)o1. The van der Waals surface area contributed by atoms with Gasteiger partial charge in [0.1, 0.15) is 0 Å². The molecule has 15 heavy (non-hydrogen) atoms. The highest BCUT2D eigenvalue weighted by Crippen LogP contribution is 2.17. The van der Waals surface area contributed by atoms with Gasteiger partial charge in [-0.25, -0.2) is 0 Å². The first-order valence-corrected chi connectivity index (χ1v) is 5.14. The molecule has 1 aliphatic rings. The molecule has 6 nitrogen and oxygen atoms in total. The van der Waals surface area contributed by atoms with Gasteiger partial charge in [-0.1, -0.05) is 5.10 Å². The van der Waals surface area contributed by atoms with Gasteiger partial charge in [0.05, 0.1) is 18.7 Å². The molecule has 84 valence electrons. The summed E-state index contributed by atoms with van der Waals surface area (Å²) in [7, 11) is 1.84. The van der Waals surface area contributed by atoms with Crippen LogP contribution in [0.3, 0.4) is 0 Å². The van der Waals surface area contributed by atoms with Crippen molar-refractivity contribution >= 4 is 6.01 Å². The molecule has 6 heteroatoms. The van der Waals surface area contributed by atoms with Gasteiger partial charge in [-0.15, -0.1) is 5.10 Å². The molecule has 0 bridgehead atoms. The number of anilines is 1. The Bertz CT molecular complexity index is 315. The molecule has 0 aliphatic carbocycles. The lowest BCUT2D eigenvalue weighted by atomic mass is 10.2. The molecular formula is C9H16N4O2. The summed E-state index contributed by atoms with van der Waals surface area (Å²) in [5, 5.41) is 13.9. The monoisotopic (exact) mass is 212 g/mol. The molecular weight excluding hydrogens is 196 g/mol. The average molecular weight is 212 g/mol. The summed E-state index contributed by atoms with van der Waals surface area (Å²) in [6, 6.07) is 0.746. The third-order valence-corrected chi connectivity index (χ3v) is 2.48. The van der Waals surface area contributed by atoms with Gasteiger partial charge in [-0.3, -0.25) is 0 Å². The Labute approximate surface area is 88.4 Å². The van der Waals surface area contributed by atoms with E-state index in [0.29, 0.717) is 18.5 Å².